The molecule has 1 rings (SSSR count). The van der Waals surface area contributed by atoms with Crippen LogP contribution in [-0.2, 0) is 0 Å². The van der Waals surface area contributed by atoms with E-state index in [1.165, 1.54) is 0 Å². The van der Waals surface area contributed by atoms with Crippen molar-refractivity contribution in [1.82, 2.24) is 5.32 Å². The van der Waals surface area contributed by atoms with Gasteiger partial charge in [0.2, 0.25) is 0 Å². The summed E-state index contributed by atoms with van der Waals surface area (Å²) in [6.45, 7) is 4.79. The summed E-state index contributed by atoms with van der Waals surface area (Å²) in [4.78, 5) is 0. The van der Waals surface area contributed by atoms with Crippen molar-refractivity contribution in [2.75, 3.05) is 12.3 Å². The van der Waals surface area contributed by atoms with Gasteiger partial charge in [-0.3, -0.25) is 0 Å². The van der Waals surface area contributed by atoms with Gasteiger partial charge in [-0.2, -0.15) is 0 Å². The van der Waals surface area contributed by atoms with Crippen LogP contribution >= 0.6 is 0 Å². The molecule has 2 atom stereocenters. The number of nitrogens with one attached hydrogen (secondary N) is 1. The van der Waals surface area contributed by atoms with Gasteiger partial charge in [-0.25, -0.2) is 0 Å². The predicted octanol–water partition coefficient (Wildman–Crippen LogP) is 1.69. The van der Waals surface area contributed by atoms with E-state index >= 15 is 0 Å². The van der Waals surface area contributed by atoms with E-state index in [0.29, 0.717) is 18.3 Å². The van der Waals surface area contributed by atoms with Gasteiger partial charge in [-0.05, 0) is 31.0 Å². The Kier molecular flexibility index (Phi) is 4.59. The van der Waals surface area contributed by atoms with Crippen LogP contribution in [0.5, 0.6) is 0 Å². The maximum atomic E-state index is 9.87. The number of aliphatic hydroxyl groups excluding tert-OH is 1. The third-order valence-electron chi connectivity index (χ3n) is 2.57. The third-order valence-corrected chi connectivity index (χ3v) is 2.57. The highest BCUT2D eigenvalue weighted by Crippen LogP contribution is 2.15. The van der Waals surface area contributed by atoms with Crippen LogP contribution in [0.25, 0.3) is 0 Å². The zero-order chi connectivity index (χ0) is 11.3. The zero-order valence-electron chi connectivity index (χ0n) is 9.40. The minimum absolute atomic E-state index is 0.431. The number of benzene rings is 1. The van der Waals surface area contributed by atoms with Crippen molar-refractivity contribution >= 4 is 5.69 Å². The average Bonchev–Trinajstić information content (AvgIpc) is 2.25. The van der Waals surface area contributed by atoms with Crippen molar-refractivity contribution in [3.8, 4) is 0 Å². The number of nitrogen functional groups attached to an aromatic ring is 1. The van der Waals surface area contributed by atoms with E-state index in [4.69, 9.17) is 5.73 Å². The standard InChI is InChI=1S/C12H20N2O/c1-3-9(2)14-8-12(15)10-5-4-6-11(13)7-10/h4-7,9,12,14-15H,3,8,13H2,1-2H3. The summed E-state index contributed by atoms with van der Waals surface area (Å²) in [7, 11) is 0. The number of nitrogens with two attached hydrogens (primary N) is 1. The average molecular weight is 208 g/mol. The largest absolute Gasteiger partial charge is 0.399 e. The molecule has 0 saturated heterocycles. The summed E-state index contributed by atoms with van der Waals surface area (Å²) in [6.07, 6.45) is 0.575. The van der Waals surface area contributed by atoms with E-state index in [9.17, 15) is 5.11 Å². The van der Waals surface area contributed by atoms with Crippen molar-refractivity contribution in [3.63, 3.8) is 0 Å². The first-order valence-electron chi connectivity index (χ1n) is 5.40. The topological polar surface area (TPSA) is 58.3 Å². The van der Waals surface area contributed by atoms with E-state index in [2.05, 4.69) is 19.2 Å². The predicted molar refractivity (Wildman–Crippen MR) is 63.6 cm³/mol. The van der Waals surface area contributed by atoms with Gasteiger partial charge < -0.3 is 16.2 Å². The van der Waals surface area contributed by atoms with Gasteiger partial charge in [0, 0.05) is 18.3 Å². The molecule has 0 fully saturated rings. The molecule has 0 aromatic heterocycles. The summed E-state index contributed by atoms with van der Waals surface area (Å²) in [5, 5.41) is 13.1. The minimum Gasteiger partial charge on any atom is -0.399 e. The van der Waals surface area contributed by atoms with E-state index < -0.39 is 6.10 Å². The van der Waals surface area contributed by atoms with Crippen molar-refractivity contribution in [1.29, 1.82) is 0 Å². The fourth-order valence-electron chi connectivity index (χ4n) is 1.34. The van der Waals surface area contributed by atoms with Crippen molar-refractivity contribution in [3.05, 3.63) is 29.8 Å². The molecule has 3 heteroatoms. The number of hydrogen-bond acceptors (Lipinski definition) is 3. The fraction of sp³-hybridized carbons (Fsp3) is 0.500. The van der Waals surface area contributed by atoms with Gasteiger partial charge in [0.15, 0.2) is 0 Å². The Morgan fingerprint density at radius 1 is 1.47 bits per heavy atom. The molecular weight excluding hydrogens is 188 g/mol. The van der Waals surface area contributed by atoms with Crippen molar-refractivity contribution < 1.29 is 5.11 Å². The molecule has 0 amide bonds. The summed E-state index contributed by atoms with van der Waals surface area (Å²) in [6, 6.07) is 7.80. The number of rotatable bonds is 5. The van der Waals surface area contributed by atoms with Crippen LogP contribution in [-0.4, -0.2) is 17.7 Å². The molecule has 0 saturated carbocycles. The molecule has 84 valence electrons. The summed E-state index contributed by atoms with van der Waals surface area (Å²) >= 11 is 0. The molecule has 0 heterocycles. The van der Waals surface area contributed by atoms with Crippen LogP contribution in [0.3, 0.4) is 0 Å². The van der Waals surface area contributed by atoms with Crippen LogP contribution in [0.2, 0.25) is 0 Å². The molecule has 15 heavy (non-hydrogen) atoms. The molecule has 1 aromatic rings. The van der Waals surface area contributed by atoms with Gasteiger partial charge in [0.1, 0.15) is 0 Å². The van der Waals surface area contributed by atoms with E-state index in [-0.39, 0.29) is 0 Å². The van der Waals surface area contributed by atoms with Crippen LogP contribution in [0.1, 0.15) is 31.9 Å². The van der Waals surface area contributed by atoms with Crippen LogP contribution < -0.4 is 11.1 Å². The Morgan fingerprint density at radius 3 is 2.80 bits per heavy atom. The molecule has 0 spiro atoms. The lowest BCUT2D eigenvalue weighted by Gasteiger charge is -2.16. The zero-order valence-corrected chi connectivity index (χ0v) is 9.40. The molecule has 0 aliphatic rings. The number of hydrogen-bond donors (Lipinski definition) is 3. The van der Waals surface area contributed by atoms with Gasteiger partial charge in [-0.1, -0.05) is 19.1 Å². The SMILES string of the molecule is CCC(C)NCC(O)c1cccc(N)c1. The third kappa shape index (κ3) is 3.90. The monoisotopic (exact) mass is 208 g/mol. The van der Waals surface area contributed by atoms with Gasteiger partial charge >= 0.3 is 0 Å². The molecule has 0 bridgehead atoms. The lowest BCUT2D eigenvalue weighted by Crippen LogP contribution is -2.29. The quantitative estimate of drug-likeness (QED) is 0.645. The summed E-state index contributed by atoms with van der Waals surface area (Å²) in [5.74, 6) is 0. The Morgan fingerprint density at radius 2 is 2.20 bits per heavy atom. The molecule has 4 N–H and O–H groups in total. The fourth-order valence-corrected chi connectivity index (χ4v) is 1.34. The van der Waals surface area contributed by atoms with Crippen LogP contribution in [0.15, 0.2) is 24.3 Å². The highest BCUT2D eigenvalue weighted by molar-refractivity contribution is 5.41. The second-order valence-electron chi connectivity index (χ2n) is 3.90. The van der Waals surface area contributed by atoms with Gasteiger partial charge in [-0.15, -0.1) is 0 Å². The van der Waals surface area contributed by atoms with Crippen molar-refractivity contribution in [2.24, 2.45) is 0 Å². The molecule has 3 nitrogen and oxygen atoms in total. The van der Waals surface area contributed by atoms with Gasteiger partial charge in [0.25, 0.3) is 0 Å². The minimum atomic E-state index is -0.484. The maximum Gasteiger partial charge on any atom is 0.0915 e. The molecule has 0 radical (unpaired) electrons. The molecule has 0 aliphatic carbocycles. The molecule has 2 unspecified atom stereocenters. The van der Waals surface area contributed by atoms with Gasteiger partial charge in [0.05, 0.1) is 6.10 Å². The molecule has 0 aliphatic heterocycles. The lowest BCUT2D eigenvalue weighted by molar-refractivity contribution is 0.170. The highest BCUT2D eigenvalue weighted by Gasteiger charge is 2.08. The molecular formula is C12H20N2O. The van der Waals surface area contributed by atoms with Crippen LogP contribution in [0.4, 0.5) is 5.69 Å². The van der Waals surface area contributed by atoms with E-state index in [1.54, 1.807) is 0 Å². The summed E-state index contributed by atoms with van der Waals surface area (Å²) in [5.41, 5.74) is 7.20. The van der Waals surface area contributed by atoms with Crippen molar-refractivity contribution in [2.45, 2.75) is 32.4 Å². The summed E-state index contributed by atoms with van der Waals surface area (Å²) < 4.78 is 0. The smallest absolute Gasteiger partial charge is 0.0915 e. The first-order chi connectivity index (χ1) is 7.13. The first kappa shape index (κ1) is 12.0. The second kappa shape index (κ2) is 5.73. The normalized spacial score (nSPS) is 14.9. The van der Waals surface area contributed by atoms with E-state index in [1.807, 2.05) is 24.3 Å². The number of anilines is 1. The first-order valence-corrected chi connectivity index (χ1v) is 5.40. The maximum absolute atomic E-state index is 9.87. The molecule has 1 aromatic carbocycles. The van der Waals surface area contributed by atoms with E-state index in [0.717, 1.165) is 12.0 Å². The number of aliphatic hydroxyl groups is 1. The Bertz CT molecular complexity index is 301. The Balaban J connectivity index is 2.50. The van der Waals surface area contributed by atoms with Crippen LogP contribution in [0, 0.1) is 0 Å². The lowest BCUT2D eigenvalue weighted by atomic mass is 10.1. The highest BCUT2D eigenvalue weighted by atomic mass is 16.3. The second-order valence-corrected chi connectivity index (χ2v) is 3.90. The Hall–Kier alpha value is -1.06. The Labute approximate surface area is 91.3 Å².